The van der Waals surface area contributed by atoms with Crippen molar-refractivity contribution in [1.29, 1.82) is 0 Å². The normalized spacial score (nSPS) is 19.5. The number of fused-ring (bicyclic) bond motifs is 1. The maximum atomic E-state index is 13.2. The summed E-state index contributed by atoms with van der Waals surface area (Å²) < 4.78 is 0. The summed E-state index contributed by atoms with van der Waals surface area (Å²) in [6.45, 7) is 4.26. The Hall–Kier alpha value is -3.18. The minimum atomic E-state index is -0.192. The van der Waals surface area contributed by atoms with E-state index in [2.05, 4.69) is 30.5 Å². The van der Waals surface area contributed by atoms with E-state index in [0.29, 0.717) is 17.5 Å². The Bertz CT molecular complexity index is 1190. The lowest BCUT2D eigenvalue weighted by molar-refractivity contribution is -0.118. The number of rotatable bonds is 3. The van der Waals surface area contributed by atoms with E-state index < -0.39 is 0 Å². The molecule has 1 aliphatic carbocycles. The van der Waals surface area contributed by atoms with Gasteiger partial charge in [0.15, 0.2) is 11.6 Å². The van der Waals surface area contributed by atoms with Gasteiger partial charge in [-0.2, -0.15) is 0 Å². The molecule has 2 heterocycles. The fraction of sp³-hybridized carbons (Fsp3) is 0.231. The fourth-order valence-electron chi connectivity index (χ4n) is 4.51. The Morgan fingerprint density at radius 2 is 1.77 bits per heavy atom. The van der Waals surface area contributed by atoms with Crippen LogP contribution >= 0.6 is 11.3 Å². The molecule has 2 aromatic carbocycles. The van der Waals surface area contributed by atoms with E-state index in [1.165, 1.54) is 0 Å². The van der Waals surface area contributed by atoms with Crippen molar-refractivity contribution in [2.75, 3.05) is 10.6 Å². The Labute approximate surface area is 186 Å². The van der Waals surface area contributed by atoms with Gasteiger partial charge >= 0.3 is 0 Å². The molecule has 0 saturated carbocycles. The van der Waals surface area contributed by atoms with E-state index in [0.717, 1.165) is 33.9 Å². The molecule has 1 aliphatic heterocycles. The molecule has 4 nitrogen and oxygen atoms in total. The highest BCUT2D eigenvalue weighted by Crippen LogP contribution is 2.46. The maximum absolute atomic E-state index is 13.2. The van der Waals surface area contributed by atoms with E-state index in [1.807, 2.05) is 60.0 Å². The summed E-state index contributed by atoms with van der Waals surface area (Å²) in [6, 6.07) is 18.9. The highest BCUT2D eigenvalue weighted by molar-refractivity contribution is 7.10. The Morgan fingerprint density at radius 3 is 2.52 bits per heavy atom. The van der Waals surface area contributed by atoms with E-state index in [4.69, 9.17) is 0 Å². The molecule has 0 saturated heterocycles. The first-order valence-corrected chi connectivity index (χ1v) is 11.4. The number of nitrogens with one attached hydrogen (secondary N) is 2. The first kappa shape index (κ1) is 19.8. The minimum absolute atomic E-state index is 0.0153. The zero-order chi connectivity index (χ0) is 21.6. The van der Waals surface area contributed by atoms with Crippen molar-refractivity contribution in [3.8, 4) is 0 Å². The summed E-state index contributed by atoms with van der Waals surface area (Å²) >= 11 is 1.65. The van der Waals surface area contributed by atoms with Crippen LogP contribution in [0.15, 0.2) is 77.3 Å². The van der Waals surface area contributed by atoms with Crippen molar-refractivity contribution in [2.24, 2.45) is 5.41 Å². The zero-order valence-electron chi connectivity index (χ0n) is 17.6. The van der Waals surface area contributed by atoms with Crippen molar-refractivity contribution in [1.82, 2.24) is 0 Å². The van der Waals surface area contributed by atoms with Gasteiger partial charge in [-0.15, -0.1) is 11.3 Å². The Balaban J connectivity index is 1.60. The van der Waals surface area contributed by atoms with Crippen molar-refractivity contribution in [3.05, 3.63) is 93.3 Å². The van der Waals surface area contributed by atoms with Crippen LogP contribution in [0.3, 0.4) is 0 Å². The first-order valence-electron chi connectivity index (χ1n) is 10.5. The van der Waals surface area contributed by atoms with Crippen LogP contribution in [0.5, 0.6) is 0 Å². The number of benzene rings is 2. The number of carbonyl (C=O) groups excluding carboxylic acids is 2. The van der Waals surface area contributed by atoms with E-state index in [-0.39, 0.29) is 23.0 Å². The third-order valence-corrected chi connectivity index (χ3v) is 6.88. The zero-order valence-corrected chi connectivity index (χ0v) is 18.4. The van der Waals surface area contributed by atoms with Gasteiger partial charge in [-0.3, -0.25) is 9.59 Å². The van der Waals surface area contributed by atoms with E-state index in [9.17, 15) is 9.59 Å². The summed E-state index contributed by atoms with van der Waals surface area (Å²) in [5, 5.41) is 9.15. The second kappa shape index (κ2) is 7.50. The van der Waals surface area contributed by atoms with E-state index >= 15 is 0 Å². The number of ketones is 2. The SMILES string of the molecule is CC1(C)CC(=O)C2=C(C1)Nc1cc(C(=O)c3ccccc3)ccc1N[C@@H]2c1cccs1. The summed E-state index contributed by atoms with van der Waals surface area (Å²) in [7, 11) is 0. The number of anilines is 2. The molecule has 5 heteroatoms. The molecule has 1 aromatic heterocycles. The van der Waals surface area contributed by atoms with Crippen LogP contribution in [-0.2, 0) is 4.79 Å². The number of allylic oxidation sites excluding steroid dienone is 1. The van der Waals surface area contributed by atoms with Crippen LogP contribution in [0.4, 0.5) is 11.4 Å². The lowest BCUT2D eigenvalue weighted by Gasteiger charge is -2.33. The van der Waals surface area contributed by atoms with Crippen LogP contribution < -0.4 is 10.6 Å². The first-order chi connectivity index (χ1) is 14.9. The second-order valence-corrected chi connectivity index (χ2v) is 9.99. The molecule has 0 fully saturated rings. The molecule has 0 unspecified atom stereocenters. The molecule has 5 rings (SSSR count). The van der Waals surface area contributed by atoms with Gasteiger partial charge in [0.1, 0.15) is 0 Å². The van der Waals surface area contributed by atoms with Crippen LogP contribution in [0.25, 0.3) is 0 Å². The van der Waals surface area contributed by atoms with Crippen LogP contribution in [-0.4, -0.2) is 11.6 Å². The lowest BCUT2D eigenvalue weighted by atomic mass is 9.74. The Morgan fingerprint density at radius 1 is 0.968 bits per heavy atom. The molecule has 0 spiro atoms. The Kier molecular flexibility index (Phi) is 4.78. The van der Waals surface area contributed by atoms with Gasteiger partial charge < -0.3 is 10.6 Å². The van der Waals surface area contributed by atoms with E-state index in [1.54, 1.807) is 11.3 Å². The fourth-order valence-corrected chi connectivity index (χ4v) is 5.30. The molecule has 1 atom stereocenters. The number of carbonyl (C=O) groups is 2. The number of hydrogen-bond acceptors (Lipinski definition) is 5. The third kappa shape index (κ3) is 3.70. The molecular weight excluding hydrogens is 404 g/mol. The molecule has 31 heavy (non-hydrogen) atoms. The summed E-state index contributed by atoms with van der Waals surface area (Å²) in [5.74, 6) is 0.163. The highest BCUT2D eigenvalue weighted by atomic mass is 32.1. The van der Waals surface area contributed by atoms with Crippen LogP contribution in [0, 0.1) is 5.41 Å². The van der Waals surface area contributed by atoms with Gasteiger partial charge in [-0.05, 0) is 41.5 Å². The summed E-state index contributed by atoms with van der Waals surface area (Å²) in [5.41, 5.74) is 4.67. The second-order valence-electron chi connectivity index (χ2n) is 9.01. The van der Waals surface area contributed by atoms with Crippen molar-refractivity contribution >= 4 is 34.3 Å². The summed E-state index contributed by atoms with van der Waals surface area (Å²) in [6.07, 6.45) is 1.32. The quantitative estimate of drug-likeness (QED) is 0.488. The van der Waals surface area contributed by atoms with Crippen LogP contribution in [0.2, 0.25) is 0 Å². The van der Waals surface area contributed by atoms with Crippen LogP contribution in [0.1, 0.15) is 53.5 Å². The van der Waals surface area contributed by atoms with Gasteiger partial charge in [0, 0.05) is 33.7 Å². The monoisotopic (exact) mass is 428 g/mol. The predicted molar refractivity (Wildman–Crippen MR) is 126 cm³/mol. The van der Waals surface area contributed by atoms with Crippen molar-refractivity contribution in [3.63, 3.8) is 0 Å². The van der Waals surface area contributed by atoms with Gasteiger partial charge in [0.05, 0.1) is 17.4 Å². The molecule has 0 amide bonds. The van der Waals surface area contributed by atoms with Gasteiger partial charge in [0.2, 0.25) is 0 Å². The van der Waals surface area contributed by atoms with Crippen molar-refractivity contribution < 1.29 is 9.59 Å². The standard InChI is InChI=1S/C26H24N2O2S/c1-26(2)14-20-23(21(29)15-26)24(22-9-6-12-31-22)28-18-11-10-17(13-19(18)27-20)25(30)16-7-4-3-5-8-16/h3-13,24,27-28H,14-15H2,1-2H3/t24-/m1/s1. The average molecular weight is 429 g/mol. The van der Waals surface area contributed by atoms with Gasteiger partial charge in [-0.1, -0.05) is 50.2 Å². The number of hydrogen-bond donors (Lipinski definition) is 2. The molecule has 3 aromatic rings. The smallest absolute Gasteiger partial charge is 0.193 e. The van der Waals surface area contributed by atoms with Gasteiger partial charge in [0.25, 0.3) is 0 Å². The minimum Gasteiger partial charge on any atom is -0.372 e. The molecule has 0 radical (unpaired) electrons. The average Bonchev–Trinajstić information content (AvgIpc) is 3.22. The largest absolute Gasteiger partial charge is 0.372 e. The molecule has 2 aliphatic rings. The van der Waals surface area contributed by atoms with Gasteiger partial charge in [-0.25, -0.2) is 0 Å². The predicted octanol–water partition coefficient (Wildman–Crippen LogP) is 6.20. The lowest BCUT2D eigenvalue weighted by Crippen LogP contribution is -2.31. The highest BCUT2D eigenvalue weighted by Gasteiger charge is 2.39. The topological polar surface area (TPSA) is 58.2 Å². The molecular formula is C26H24N2O2S. The summed E-state index contributed by atoms with van der Waals surface area (Å²) in [4.78, 5) is 27.3. The maximum Gasteiger partial charge on any atom is 0.193 e. The molecule has 0 bridgehead atoms. The number of thiophene rings is 1. The molecule has 156 valence electrons. The van der Waals surface area contributed by atoms with Crippen molar-refractivity contribution in [2.45, 2.75) is 32.7 Å². The third-order valence-electron chi connectivity index (χ3n) is 5.94. The number of Topliss-reactive ketones (excluding diaryl/α,β-unsaturated/α-hetero) is 1. The molecule has 2 N–H and O–H groups in total.